The first-order chi connectivity index (χ1) is 19.2. The molecule has 0 bridgehead atoms. The van der Waals surface area contributed by atoms with E-state index in [2.05, 4.69) is 22.4 Å². The number of aromatic nitrogens is 1. The van der Waals surface area contributed by atoms with Gasteiger partial charge in [-0.05, 0) is 86.5 Å². The van der Waals surface area contributed by atoms with Crippen molar-refractivity contribution in [1.82, 2.24) is 4.98 Å². The number of rotatable bonds is 7. The summed E-state index contributed by atoms with van der Waals surface area (Å²) in [7, 11) is 0. The van der Waals surface area contributed by atoms with Gasteiger partial charge >= 0.3 is 6.18 Å². The van der Waals surface area contributed by atoms with Crippen molar-refractivity contribution < 1.29 is 27.2 Å². The Kier molecular flexibility index (Phi) is 8.28. The predicted octanol–water partition coefficient (Wildman–Crippen LogP) is 7.58. The average molecular weight is 554 g/mol. The molecule has 1 saturated heterocycles. The topological polar surface area (TPSA) is 75.4 Å². The summed E-state index contributed by atoms with van der Waals surface area (Å²) in [6.07, 6.45) is 1.28. The molecule has 9 heteroatoms. The quantitative estimate of drug-likeness (QED) is 0.326. The van der Waals surface area contributed by atoms with Crippen LogP contribution in [0, 0.1) is 5.92 Å². The minimum atomic E-state index is -4.83. The van der Waals surface area contributed by atoms with E-state index in [4.69, 9.17) is 4.42 Å². The number of hydrogen-bond donors (Lipinski definition) is 1. The second kappa shape index (κ2) is 11.9. The van der Waals surface area contributed by atoms with Crippen molar-refractivity contribution in [3.63, 3.8) is 0 Å². The van der Waals surface area contributed by atoms with Crippen molar-refractivity contribution in [3.8, 4) is 0 Å². The monoisotopic (exact) mass is 553 g/mol. The molecule has 5 rings (SSSR count). The Morgan fingerprint density at radius 1 is 0.900 bits per heavy atom. The summed E-state index contributed by atoms with van der Waals surface area (Å²) in [4.78, 5) is 29.7. The van der Waals surface area contributed by atoms with E-state index in [1.54, 1.807) is 24.0 Å². The Morgan fingerprint density at radius 3 is 2.10 bits per heavy atom. The molecule has 3 aromatic rings. The summed E-state index contributed by atoms with van der Waals surface area (Å²) in [5.41, 5.74) is 1.39. The van der Waals surface area contributed by atoms with Crippen LogP contribution < -0.4 is 10.2 Å². The van der Waals surface area contributed by atoms with Gasteiger partial charge in [0.15, 0.2) is 5.69 Å². The first kappa shape index (κ1) is 27.9. The van der Waals surface area contributed by atoms with Crippen LogP contribution in [0.2, 0.25) is 0 Å². The molecule has 0 atom stereocenters. The standard InChI is InChI=1S/C31H34F3N3O3/c1-20(38)19-21-7-9-23(10-8-21)24-11-13-26(14-12-24)35-29(39)27-28(31(32,33)34)36-30(40-27)37-17-15-25(16-18-37)22-5-3-2-4-6-22/h2-6,11-14,21,23,25H,7-10,15-19H2,1H3,(H,35,39). The van der Waals surface area contributed by atoms with E-state index in [9.17, 15) is 22.8 Å². The number of carbonyl (C=O) groups excluding carboxylic acids is 2. The smallest absolute Gasteiger partial charge is 0.417 e. The number of hydrogen-bond acceptors (Lipinski definition) is 5. The van der Waals surface area contributed by atoms with E-state index < -0.39 is 23.5 Å². The highest BCUT2D eigenvalue weighted by Crippen LogP contribution is 2.38. The van der Waals surface area contributed by atoms with Crippen molar-refractivity contribution in [2.45, 2.75) is 69.9 Å². The van der Waals surface area contributed by atoms with Gasteiger partial charge in [-0.15, -0.1) is 0 Å². The maximum absolute atomic E-state index is 13.8. The molecule has 2 fully saturated rings. The van der Waals surface area contributed by atoms with Crippen molar-refractivity contribution in [3.05, 3.63) is 77.2 Å². The number of carbonyl (C=O) groups is 2. The number of oxazole rings is 1. The Labute approximate surface area is 232 Å². The summed E-state index contributed by atoms with van der Waals surface area (Å²) >= 11 is 0. The lowest BCUT2D eigenvalue weighted by molar-refractivity contribution is -0.141. The Balaban J connectivity index is 1.23. The average Bonchev–Trinajstić information content (AvgIpc) is 3.41. The summed E-state index contributed by atoms with van der Waals surface area (Å²) in [6, 6.07) is 17.1. The third-order valence-corrected chi connectivity index (χ3v) is 8.19. The lowest BCUT2D eigenvalue weighted by atomic mass is 9.77. The van der Waals surface area contributed by atoms with Crippen LogP contribution in [0.3, 0.4) is 0 Å². The molecule has 2 aromatic carbocycles. The number of nitrogens with zero attached hydrogens (tertiary/aromatic N) is 2. The zero-order chi connectivity index (χ0) is 28.3. The first-order valence-electron chi connectivity index (χ1n) is 14.0. The molecule has 40 heavy (non-hydrogen) atoms. The molecule has 1 aromatic heterocycles. The molecule has 1 aliphatic heterocycles. The van der Waals surface area contributed by atoms with Crippen LogP contribution in [-0.4, -0.2) is 29.8 Å². The van der Waals surface area contributed by atoms with Gasteiger partial charge < -0.3 is 19.4 Å². The highest BCUT2D eigenvalue weighted by Gasteiger charge is 2.42. The first-order valence-corrected chi connectivity index (χ1v) is 14.0. The molecule has 0 unspecified atom stereocenters. The third-order valence-electron chi connectivity index (χ3n) is 8.19. The molecule has 2 heterocycles. The van der Waals surface area contributed by atoms with Gasteiger partial charge in [-0.25, -0.2) is 0 Å². The minimum absolute atomic E-state index is 0.181. The molecule has 1 aliphatic carbocycles. The normalized spacial score (nSPS) is 20.4. The van der Waals surface area contributed by atoms with Gasteiger partial charge in [-0.2, -0.15) is 18.2 Å². The van der Waals surface area contributed by atoms with Crippen LogP contribution in [0.15, 0.2) is 59.0 Å². The van der Waals surface area contributed by atoms with Gasteiger partial charge in [0.25, 0.3) is 11.9 Å². The van der Waals surface area contributed by atoms with Crippen LogP contribution in [0.5, 0.6) is 0 Å². The van der Waals surface area contributed by atoms with Crippen molar-refractivity contribution in [1.29, 1.82) is 0 Å². The second-order valence-corrected chi connectivity index (χ2v) is 11.0. The summed E-state index contributed by atoms with van der Waals surface area (Å²) in [6.45, 7) is 2.60. The molecule has 0 spiro atoms. The molecule has 1 saturated carbocycles. The number of benzene rings is 2. The Bertz CT molecular complexity index is 1310. The molecule has 1 amide bonds. The van der Waals surface area contributed by atoms with Crippen LogP contribution in [-0.2, 0) is 11.0 Å². The van der Waals surface area contributed by atoms with E-state index in [0.29, 0.717) is 43.0 Å². The van der Waals surface area contributed by atoms with Crippen LogP contribution in [0.1, 0.15) is 91.1 Å². The fourth-order valence-corrected chi connectivity index (χ4v) is 6.05. The largest absolute Gasteiger partial charge is 0.437 e. The van der Waals surface area contributed by atoms with E-state index in [1.807, 2.05) is 30.3 Å². The minimum Gasteiger partial charge on any atom is -0.417 e. The molecular weight excluding hydrogens is 519 g/mol. The number of Topliss-reactive ketones (excluding diaryl/α,β-unsaturated/α-hetero) is 1. The van der Waals surface area contributed by atoms with E-state index >= 15 is 0 Å². The molecule has 1 N–H and O–H groups in total. The van der Waals surface area contributed by atoms with Gasteiger partial charge in [0.2, 0.25) is 5.76 Å². The SMILES string of the molecule is CC(=O)CC1CCC(c2ccc(NC(=O)c3oc(N4CCC(c5ccccc5)CC4)nc3C(F)(F)F)cc2)CC1. The van der Waals surface area contributed by atoms with Crippen molar-refractivity contribution >= 4 is 23.4 Å². The number of ketones is 1. The summed E-state index contributed by atoms with van der Waals surface area (Å²) < 4.78 is 47.0. The van der Waals surface area contributed by atoms with Gasteiger partial charge in [0.1, 0.15) is 5.78 Å². The second-order valence-electron chi connectivity index (χ2n) is 11.0. The highest BCUT2D eigenvalue weighted by atomic mass is 19.4. The number of amides is 1. The third kappa shape index (κ3) is 6.57. The van der Waals surface area contributed by atoms with Crippen LogP contribution in [0.25, 0.3) is 0 Å². The van der Waals surface area contributed by atoms with Gasteiger partial charge in [0, 0.05) is 25.2 Å². The van der Waals surface area contributed by atoms with E-state index in [-0.39, 0.29) is 11.8 Å². The summed E-state index contributed by atoms with van der Waals surface area (Å²) in [5, 5.41) is 2.55. The molecule has 2 aliphatic rings. The number of alkyl halides is 3. The fraction of sp³-hybridized carbons (Fsp3) is 0.452. The number of nitrogens with one attached hydrogen (secondary N) is 1. The molecule has 0 radical (unpaired) electrons. The van der Waals surface area contributed by atoms with Gasteiger partial charge in [-0.3, -0.25) is 4.79 Å². The maximum atomic E-state index is 13.8. The number of piperidine rings is 1. The lowest BCUT2D eigenvalue weighted by Crippen LogP contribution is -2.33. The summed E-state index contributed by atoms with van der Waals surface area (Å²) in [5.74, 6) is -0.465. The maximum Gasteiger partial charge on any atom is 0.437 e. The zero-order valence-corrected chi connectivity index (χ0v) is 22.5. The Morgan fingerprint density at radius 2 is 1.50 bits per heavy atom. The van der Waals surface area contributed by atoms with Crippen LogP contribution >= 0.6 is 0 Å². The van der Waals surface area contributed by atoms with E-state index in [0.717, 1.165) is 44.1 Å². The fourth-order valence-electron chi connectivity index (χ4n) is 6.05. The van der Waals surface area contributed by atoms with E-state index in [1.165, 1.54) is 5.56 Å². The molecular formula is C31H34F3N3O3. The molecule has 212 valence electrons. The van der Waals surface area contributed by atoms with Crippen molar-refractivity contribution in [2.24, 2.45) is 5.92 Å². The van der Waals surface area contributed by atoms with Crippen molar-refractivity contribution in [2.75, 3.05) is 23.3 Å². The number of anilines is 2. The zero-order valence-electron chi connectivity index (χ0n) is 22.5. The van der Waals surface area contributed by atoms with Gasteiger partial charge in [0.05, 0.1) is 0 Å². The lowest BCUT2D eigenvalue weighted by Gasteiger charge is -2.31. The van der Waals surface area contributed by atoms with Gasteiger partial charge in [-0.1, -0.05) is 42.5 Å². The number of halogens is 3. The highest BCUT2D eigenvalue weighted by molar-refractivity contribution is 6.03. The predicted molar refractivity (Wildman–Crippen MR) is 147 cm³/mol. The van der Waals surface area contributed by atoms with Crippen LogP contribution in [0.4, 0.5) is 24.9 Å². The Hall–Kier alpha value is -3.62. The molecule has 6 nitrogen and oxygen atoms in total.